The van der Waals surface area contributed by atoms with Gasteiger partial charge in [0.1, 0.15) is 0 Å². The second-order valence-electron chi connectivity index (χ2n) is 4.62. The number of hydrogen-bond acceptors (Lipinski definition) is 2. The molecule has 106 valence electrons. The molecule has 0 bridgehead atoms. The summed E-state index contributed by atoms with van der Waals surface area (Å²) in [6.07, 6.45) is -2.53. The van der Waals surface area contributed by atoms with E-state index in [2.05, 4.69) is 0 Å². The third kappa shape index (κ3) is 3.26. The maximum Gasteiger partial charge on any atom is 0.265 e. The third-order valence-corrected chi connectivity index (χ3v) is 3.23. The number of alkyl halides is 2. The van der Waals surface area contributed by atoms with Gasteiger partial charge in [-0.3, -0.25) is 0 Å². The van der Waals surface area contributed by atoms with Crippen LogP contribution < -0.4 is 10.6 Å². The largest absolute Gasteiger partial charge is 0.399 e. The summed E-state index contributed by atoms with van der Waals surface area (Å²) in [5.74, 6) is 0. The van der Waals surface area contributed by atoms with Crippen LogP contribution in [-0.4, -0.2) is 6.54 Å². The number of halogens is 2. The fourth-order valence-electron chi connectivity index (χ4n) is 2.21. The molecule has 0 radical (unpaired) electrons. The van der Waals surface area contributed by atoms with E-state index in [1.54, 1.807) is 12.1 Å². The van der Waals surface area contributed by atoms with Gasteiger partial charge in [0.25, 0.3) is 6.43 Å². The molecule has 2 aromatic carbocycles. The maximum absolute atomic E-state index is 13.2. The average molecular weight is 276 g/mol. The molecule has 0 aliphatic rings. The van der Waals surface area contributed by atoms with Gasteiger partial charge in [-0.05, 0) is 30.7 Å². The van der Waals surface area contributed by atoms with Crippen LogP contribution in [0.15, 0.2) is 48.5 Å². The van der Waals surface area contributed by atoms with Crippen molar-refractivity contribution < 1.29 is 8.78 Å². The molecule has 0 aromatic heterocycles. The molecule has 0 saturated heterocycles. The topological polar surface area (TPSA) is 29.3 Å². The standard InChI is InChI=1S/C16H18F2N2/c1-2-20(11-12-6-4-3-5-7-12)15-9-8-13(19)10-14(15)16(17)18/h3-10,16H,2,11,19H2,1H3. The highest BCUT2D eigenvalue weighted by molar-refractivity contribution is 5.60. The van der Waals surface area contributed by atoms with Gasteiger partial charge in [-0.25, -0.2) is 8.78 Å². The summed E-state index contributed by atoms with van der Waals surface area (Å²) in [5, 5.41) is 0. The lowest BCUT2D eigenvalue weighted by Gasteiger charge is -2.26. The Balaban J connectivity index is 2.32. The van der Waals surface area contributed by atoms with Gasteiger partial charge >= 0.3 is 0 Å². The highest BCUT2D eigenvalue weighted by Crippen LogP contribution is 2.32. The van der Waals surface area contributed by atoms with Crippen molar-refractivity contribution in [2.75, 3.05) is 17.2 Å². The smallest absolute Gasteiger partial charge is 0.265 e. The minimum absolute atomic E-state index is 0.0113. The maximum atomic E-state index is 13.2. The predicted molar refractivity (Wildman–Crippen MR) is 79.0 cm³/mol. The van der Waals surface area contributed by atoms with Crippen LogP contribution in [0, 0.1) is 0 Å². The molecular formula is C16H18F2N2. The Kier molecular flexibility index (Phi) is 4.56. The Morgan fingerprint density at radius 2 is 1.80 bits per heavy atom. The zero-order chi connectivity index (χ0) is 14.5. The van der Waals surface area contributed by atoms with E-state index in [1.807, 2.05) is 42.2 Å². The summed E-state index contributed by atoms with van der Waals surface area (Å²) in [5.41, 5.74) is 7.59. The van der Waals surface area contributed by atoms with Crippen molar-refractivity contribution in [3.63, 3.8) is 0 Å². The molecule has 2 rings (SSSR count). The molecule has 0 spiro atoms. The number of benzene rings is 2. The van der Waals surface area contributed by atoms with Gasteiger partial charge in [0.2, 0.25) is 0 Å². The molecule has 0 aliphatic carbocycles. The van der Waals surface area contributed by atoms with E-state index >= 15 is 0 Å². The van der Waals surface area contributed by atoms with Crippen LogP contribution in [0.4, 0.5) is 20.2 Å². The first-order valence-electron chi connectivity index (χ1n) is 6.58. The van der Waals surface area contributed by atoms with Gasteiger partial charge in [0.15, 0.2) is 0 Å². The normalized spacial score (nSPS) is 10.8. The van der Waals surface area contributed by atoms with Crippen molar-refractivity contribution in [2.45, 2.75) is 19.9 Å². The Bertz CT molecular complexity index is 556. The monoisotopic (exact) mass is 276 g/mol. The predicted octanol–water partition coefficient (Wildman–Crippen LogP) is 4.23. The van der Waals surface area contributed by atoms with Gasteiger partial charge in [-0.2, -0.15) is 0 Å². The Hall–Kier alpha value is -2.10. The molecule has 0 fully saturated rings. The van der Waals surface area contributed by atoms with Crippen molar-refractivity contribution in [1.82, 2.24) is 0 Å². The zero-order valence-electron chi connectivity index (χ0n) is 11.4. The second kappa shape index (κ2) is 6.37. The van der Waals surface area contributed by atoms with Crippen LogP contribution in [-0.2, 0) is 6.54 Å². The molecule has 2 N–H and O–H groups in total. The van der Waals surface area contributed by atoms with Gasteiger partial charge in [0, 0.05) is 30.0 Å². The first-order chi connectivity index (χ1) is 9.61. The summed E-state index contributed by atoms with van der Waals surface area (Å²) in [4.78, 5) is 1.93. The second-order valence-corrected chi connectivity index (χ2v) is 4.62. The van der Waals surface area contributed by atoms with Crippen LogP contribution in [0.5, 0.6) is 0 Å². The molecule has 2 aromatic rings. The molecular weight excluding hydrogens is 258 g/mol. The van der Waals surface area contributed by atoms with E-state index in [-0.39, 0.29) is 5.56 Å². The summed E-state index contributed by atoms with van der Waals surface area (Å²) in [6.45, 7) is 3.20. The molecule has 0 atom stereocenters. The first kappa shape index (κ1) is 14.3. The number of nitrogens with two attached hydrogens (primary N) is 1. The number of anilines is 2. The van der Waals surface area contributed by atoms with E-state index in [0.717, 1.165) is 5.56 Å². The van der Waals surface area contributed by atoms with Gasteiger partial charge < -0.3 is 10.6 Å². The van der Waals surface area contributed by atoms with Crippen LogP contribution in [0.3, 0.4) is 0 Å². The molecule has 2 nitrogen and oxygen atoms in total. The Labute approximate surface area is 117 Å². The lowest BCUT2D eigenvalue weighted by Crippen LogP contribution is -2.23. The summed E-state index contributed by atoms with van der Waals surface area (Å²) < 4.78 is 26.3. The summed E-state index contributed by atoms with van der Waals surface area (Å²) in [7, 11) is 0. The lowest BCUT2D eigenvalue weighted by atomic mass is 10.1. The highest BCUT2D eigenvalue weighted by atomic mass is 19.3. The van der Waals surface area contributed by atoms with Crippen molar-refractivity contribution in [2.24, 2.45) is 0 Å². The number of hydrogen-bond donors (Lipinski definition) is 1. The number of nitrogens with zero attached hydrogens (tertiary/aromatic N) is 1. The molecule has 0 saturated carbocycles. The molecule has 0 amide bonds. The summed E-state index contributed by atoms with van der Waals surface area (Å²) in [6, 6.07) is 14.5. The molecule has 4 heteroatoms. The van der Waals surface area contributed by atoms with E-state index in [4.69, 9.17) is 5.73 Å². The van der Waals surface area contributed by atoms with E-state index in [0.29, 0.717) is 24.5 Å². The third-order valence-electron chi connectivity index (χ3n) is 3.23. The van der Waals surface area contributed by atoms with Crippen LogP contribution >= 0.6 is 0 Å². The Morgan fingerprint density at radius 1 is 1.10 bits per heavy atom. The fourth-order valence-corrected chi connectivity index (χ4v) is 2.21. The van der Waals surface area contributed by atoms with Crippen molar-refractivity contribution in [3.8, 4) is 0 Å². The minimum atomic E-state index is -2.53. The zero-order valence-corrected chi connectivity index (χ0v) is 11.4. The number of nitrogen functional groups attached to an aromatic ring is 1. The SMILES string of the molecule is CCN(Cc1ccccc1)c1ccc(N)cc1C(F)F. The molecule has 0 heterocycles. The fraction of sp³-hybridized carbons (Fsp3) is 0.250. The minimum Gasteiger partial charge on any atom is -0.399 e. The van der Waals surface area contributed by atoms with E-state index in [9.17, 15) is 8.78 Å². The first-order valence-corrected chi connectivity index (χ1v) is 6.58. The van der Waals surface area contributed by atoms with Crippen LogP contribution in [0.1, 0.15) is 24.5 Å². The summed E-state index contributed by atoms with van der Waals surface area (Å²) >= 11 is 0. The van der Waals surface area contributed by atoms with Gasteiger partial charge in [-0.1, -0.05) is 30.3 Å². The van der Waals surface area contributed by atoms with Crippen molar-refractivity contribution >= 4 is 11.4 Å². The van der Waals surface area contributed by atoms with Gasteiger partial charge in [0.05, 0.1) is 0 Å². The molecule has 20 heavy (non-hydrogen) atoms. The molecule has 0 aliphatic heterocycles. The van der Waals surface area contributed by atoms with Crippen LogP contribution in [0.2, 0.25) is 0 Å². The van der Waals surface area contributed by atoms with E-state index in [1.165, 1.54) is 6.07 Å². The average Bonchev–Trinajstić information content (AvgIpc) is 2.46. The molecule has 0 unspecified atom stereocenters. The van der Waals surface area contributed by atoms with Gasteiger partial charge in [-0.15, -0.1) is 0 Å². The Morgan fingerprint density at radius 3 is 2.40 bits per heavy atom. The van der Waals surface area contributed by atoms with Crippen molar-refractivity contribution in [1.29, 1.82) is 0 Å². The van der Waals surface area contributed by atoms with Crippen molar-refractivity contribution in [3.05, 3.63) is 59.7 Å². The van der Waals surface area contributed by atoms with Crippen LogP contribution in [0.25, 0.3) is 0 Å². The quantitative estimate of drug-likeness (QED) is 0.828. The lowest BCUT2D eigenvalue weighted by molar-refractivity contribution is 0.152. The highest BCUT2D eigenvalue weighted by Gasteiger charge is 2.17. The van der Waals surface area contributed by atoms with E-state index < -0.39 is 6.43 Å². The number of rotatable bonds is 5.